The summed E-state index contributed by atoms with van der Waals surface area (Å²) in [4.78, 5) is 0. The molecule has 2 N–H and O–H groups in total. The quantitative estimate of drug-likeness (QED) is 0.514. The number of nitrogens with one attached hydrogen (secondary N) is 2. The molecule has 2 aromatic rings. The summed E-state index contributed by atoms with van der Waals surface area (Å²) in [5.74, 6) is 0.863. The number of hydrogen-bond donors (Lipinski definition) is 2. The van der Waals surface area contributed by atoms with Crippen molar-refractivity contribution in [3.8, 4) is 5.75 Å². The molecule has 22 heavy (non-hydrogen) atoms. The Labute approximate surface area is 136 Å². The molecule has 2 aromatic carbocycles. The molecule has 0 heterocycles. The van der Waals surface area contributed by atoms with E-state index in [0.29, 0.717) is 5.11 Å². The number of hydrogen-bond acceptors (Lipinski definition) is 3. The first-order valence-electron chi connectivity index (χ1n) is 6.90. The highest BCUT2D eigenvalue weighted by Gasteiger charge is 1.98. The molecule has 2 rings (SSSR count). The van der Waals surface area contributed by atoms with Crippen LogP contribution in [0.3, 0.4) is 0 Å². The number of thiocarbonyl (C=S) groups is 1. The lowest BCUT2D eigenvalue weighted by Gasteiger charge is -2.07. The molecular formula is C17H19N3OS. The summed E-state index contributed by atoms with van der Waals surface area (Å²) >= 11 is 5.19. The van der Waals surface area contributed by atoms with Crippen LogP contribution in [-0.4, -0.2) is 18.4 Å². The van der Waals surface area contributed by atoms with E-state index >= 15 is 0 Å². The normalized spacial score (nSPS) is 10.5. The summed E-state index contributed by atoms with van der Waals surface area (Å²) in [6.45, 7) is 4.04. The van der Waals surface area contributed by atoms with E-state index in [1.807, 2.05) is 56.3 Å². The average molecular weight is 313 g/mol. The van der Waals surface area contributed by atoms with Gasteiger partial charge < -0.3 is 10.1 Å². The Hall–Kier alpha value is -2.40. The molecule has 5 heteroatoms. The van der Waals surface area contributed by atoms with Crippen molar-refractivity contribution in [1.29, 1.82) is 0 Å². The second kappa shape index (κ2) is 7.56. The van der Waals surface area contributed by atoms with Crippen molar-refractivity contribution >= 4 is 29.2 Å². The first-order chi connectivity index (χ1) is 10.6. The molecule has 0 aliphatic carbocycles. The summed E-state index contributed by atoms with van der Waals surface area (Å²) < 4.78 is 5.23. The number of nitrogens with zero attached hydrogens (tertiary/aromatic N) is 1. The van der Waals surface area contributed by atoms with Crippen molar-refractivity contribution < 1.29 is 4.74 Å². The Morgan fingerprint density at radius 3 is 2.50 bits per heavy atom. The lowest BCUT2D eigenvalue weighted by Crippen LogP contribution is -2.23. The van der Waals surface area contributed by atoms with Gasteiger partial charge in [-0.15, -0.1) is 0 Å². The topological polar surface area (TPSA) is 45.6 Å². The average Bonchev–Trinajstić information content (AvgIpc) is 2.50. The number of hydrazone groups is 1. The molecule has 114 valence electrons. The maximum Gasteiger partial charge on any atom is 0.191 e. The van der Waals surface area contributed by atoms with Gasteiger partial charge in [-0.05, 0) is 67.5 Å². The number of aryl methyl sites for hydroxylation is 2. The van der Waals surface area contributed by atoms with Gasteiger partial charge in [-0.1, -0.05) is 17.7 Å². The van der Waals surface area contributed by atoms with E-state index in [1.165, 1.54) is 5.56 Å². The maximum atomic E-state index is 5.23. The van der Waals surface area contributed by atoms with E-state index in [9.17, 15) is 0 Å². The van der Waals surface area contributed by atoms with Crippen molar-refractivity contribution in [2.45, 2.75) is 13.8 Å². The first kappa shape index (κ1) is 16.0. The van der Waals surface area contributed by atoms with Crippen LogP contribution in [0.2, 0.25) is 0 Å². The van der Waals surface area contributed by atoms with Crippen LogP contribution in [0.5, 0.6) is 5.75 Å². The van der Waals surface area contributed by atoms with Crippen LogP contribution >= 0.6 is 12.2 Å². The highest BCUT2D eigenvalue weighted by Crippen LogP contribution is 2.17. The molecule has 0 aliphatic heterocycles. The van der Waals surface area contributed by atoms with Gasteiger partial charge >= 0.3 is 0 Å². The van der Waals surface area contributed by atoms with Gasteiger partial charge in [-0.3, -0.25) is 5.43 Å². The number of ether oxygens (including phenoxy) is 1. The van der Waals surface area contributed by atoms with Gasteiger partial charge in [0, 0.05) is 5.69 Å². The van der Waals surface area contributed by atoms with Crippen LogP contribution < -0.4 is 15.5 Å². The second-order valence-corrected chi connectivity index (χ2v) is 5.33. The predicted molar refractivity (Wildman–Crippen MR) is 95.9 cm³/mol. The van der Waals surface area contributed by atoms with Gasteiger partial charge in [0.25, 0.3) is 0 Å². The van der Waals surface area contributed by atoms with Gasteiger partial charge in [0.1, 0.15) is 5.75 Å². The zero-order chi connectivity index (χ0) is 15.9. The molecule has 0 atom stereocenters. The van der Waals surface area contributed by atoms with Crippen molar-refractivity contribution in [2.24, 2.45) is 5.10 Å². The highest BCUT2D eigenvalue weighted by molar-refractivity contribution is 7.80. The monoisotopic (exact) mass is 313 g/mol. The molecule has 0 aliphatic rings. The fraction of sp³-hybridized carbons (Fsp3) is 0.176. The third-order valence-electron chi connectivity index (χ3n) is 3.11. The van der Waals surface area contributed by atoms with E-state index in [1.54, 1.807) is 13.3 Å². The van der Waals surface area contributed by atoms with Gasteiger partial charge in [-0.2, -0.15) is 5.10 Å². The van der Waals surface area contributed by atoms with Crippen LogP contribution in [0.1, 0.15) is 16.7 Å². The van der Waals surface area contributed by atoms with Crippen molar-refractivity contribution in [1.82, 2.24) is 5.43 Å². The third kappa shape index (κ3) is 4.56. The van der Waals surface area contributed by atoms with Crippen LogP contribution in [0.25, 0.3) is 0 Å². The number of anilines is 1. The summed E-state index contributed by atoms with van der Waals surface area (Å²) in [6, 6.07) is 13.8. The Morgan fingerprint density at radius 2 is 1.86 bits per heavy atom. The predicted octanol–water partition coefficient (Wildman–Crippen LogP) is 3.63. The first-order valence-corrected chi connectivity index (χ1v) is 7.30. The van der Waals surface area contributed by atoms with Crippen molar-refractivity contribution in [3.63, 3.8) is 0 Å². The van der Waals surface area contributed by atoms with E-state index in [2.05, 4.69) is 15.8 Å². The number of rotatable bonds is 4. The van der Waals surface area contributed by atoms with E-state index in [-0.39, 0.29) is 0 Å². The zero-order valence-electron chi connectivity index (χ0n) is 12.9. The summed E-state index contributed by atoms with van der Waals surface area (Å²) in [5, 5.41) is 7.65. The highest BCUT2D eigenvalue weighted by atomic mass is 32.1. The summed E-state index contributed by atoms with van der Waals surface area (Å²) in [6.07, 6.45) is 1.72. The Balaban J connectivity index is 1.90. The second-order valence-electron chi connectivity index (χ2n) is 4.92. The molecule has 0 unspecified atom stereocenters. The smallest absolute Gasteiger partial charge is 0.191 e. The Morgan fingerprint density at radius 1 is 1.14 bits per heavy atom. The van der Waals surface area contributed by atoms with Crippen LogP contribution in [0.4, 0.5) is 5.69 Å². The molecule has 0 amide bonds. The summed E-state index contributed by atoms with van der Waals surface area (Å²) in [7, 11) is 1.66. The minimum atomic E-state index is 0.449. The minimum Gasteiger partial charge on any atom is -0.496 e. The van der Waals surface area contributed by atoms with E-state index in [4.69, 9.17) is 17.0 Å². The van der Waals surface area contributed by atoms with E-state index in [0.717, 1.165) is 22.6 Å². The van der Waals surface area contributed by atoms with Gasteiger partial charge in [0.2, 0.25) is 0 Å². The lowest BCUT2D eigenvalue weighted by molar-refractivity contribution is 0.411. The number of benzene rings is 2. The molecule has 0 spiro atoms. The summed E-state index contributed by atoms with van der Waals surface area (Å²) in [5.41, 5.74) is 6.97. The van der Waals surface area contributed by atoms with Gasteiger partial charge in [0.05, 0.1) is 13.3 Å². The fourth-order valence-corrected chi connectivity index (χ4v) is 2.11. The van der Waals surface area contributed by atoms with Gasteiger partial charge in [-0.25, -0.2) is 0 Å². The molecular weight excluding hydrogens is 294 g/mol. The van der Waals surface area contributed by atoms with Crippen molar-refractivity contribution in [2.75, 3.05) is 12.4 Å². The Kier molecular flexibility index (Phi) is 5.49. The minimum absolute atomic E-state index is 0.449. The van der Waals surface area contributed by atoms with Gasteiger partial charge in [0.15, 0.2) is 5.11 Å². The molecule has 4 nitrogen and oxygen atoms in total. The fourth-order valence-electron chi connectivity index (χ4n) is 1.94. The Bertz CT molecular complexity index is 681. The van der Waals surface area contributed by atoms with Crippen LogP contribution in [0, 0.1) is 13.8 Å². The lowest BCUT2D eigenvalue weighted by atomic mass is 10.1. The third-order valence-corrected chi connectivity index (χ3v) is 3.30. The van der Waals surface area contributed by atoms with Crippen LogP contribution in [-0.2, 0) is 0 Å². The molecule has 0 saturated carbocycles. The molecule has 0 saturated heterocycles. The number of methoxy groups -OCH3 is 1. The molecule has 0 fully saturated rings. The maximum absolute atomic E-state index is 5.23. The molecule has 0 aromatic heterocycles. The molecule has 0 bridgehead atoms. The van der Waals surface area contributed by atoms with E-state index < -0.39 is 0 Å². The molecule has 0 radical (unpaired) electrons. The zero-order valence-corrected chi connectivity index (χ0v) is 13.7. The largest absolute Gasteiger partial charge is 0.496 e. The van der Waals surface area contributed by atoms with Crippen molar-refractivity contribution in [3.05, 3.63) is 59.2 Å². The van der Waals surface area contributed by atoms with Crippen LogP contribution in [0.15, 0.2) is 47.6 Å². The standard InChI is InChI=1S/C17H19N3OS/c1-12-4-7-15(8-5-12)19-17(22)20-18-11-14-6-9-16(21-3)13(2)10-14/h4-11H,1-3H3,(H2,19,20,22)/b18-11+. The SMILES string of the molecule is COc1ccc(/C=N/NC(=S)Nc2ccc(C)cc2)cc1C.